The van der Waals surface area contributed by atoms with Crippen molar-refractivity contribution in [3.8, 4) is 0 Å². The Bertz CT molecular complexity index is 1240. The molecule has 0 bridgehead atoms. The van der Waals surface area contributed by atoms with Gasteiger partial charge in [0.2, 0.25) is 0 Å². The number of hydrogen-bond acceptors (Lipinski definition) is 15. The molecule has 0 spiro atoms. The Kier molecular flexibility index (Phi) is 47.5. The van der Waals surface area contributed by atoms with Crippen molar-refractivity contribution in [1.29, 1.82) is 0 Å². The molecule has 5 heterocycles. The van der Waals surface area contributed by atoms with Crippen molar-refractivity contribution < 1.29 is 42.6 Å². The number of morpholine rings is 1. The average molecular weight is 1040 g/mol. The quantitative estimate of drug-likeness (QED) is 0.0697. The highest BCUT2D eigenvalue weighted by molar-refractivity contribution is 7.80. The second-order valence-electron chi connectivity index (χ2n) is 20.8. The van der Waals surface area contributed by atoms with Gasteiger partial charge in [0.05, 0.1) is 54.1 Å². The number of likely N-dealkylation sites (N-methyl/N-ethyl adjacent to an activating group) is 1. The molecule has 0 radical (unpaired) electrons. The van der Waals surface area contributed by atoms with Gasteiger partial charge in [-0.05, 0) is 144 Å². The first-order valence-corrected chi connectivity index (χ1v) is 28.0. The first kappa shape index (κ1) is 73.6. The lowest BCUT2D eigenvalue weighted by molar-refractivity contribution is -0.870. The number of carbonyl (C=O) groups excluding carboxylic acids is 3. The van der Waals surface area contributed by atoms with E-state index in [0.717, 1.165) is 63.1 Å². The van der Waals surface area contributed by atoms with Crippen LogP contribution in [-0.2, 0) is 38.1 Å². The van der Waals surface area contributed by atoms with Crippen molar-refractivity contribution >= 4 is 30.5 Å². The first-order valence-electron chi connectivity index (χ1n) is 27.5. The number of quaternary nitrogens is 1. The number of esters is 3. The van der Waals surface area contributed by atoms with Crippen LogP contribution in [0.2, 0.25) is 0 Å². The molecule has 5 fully saturated rings. The van der Waals surface area contributed by atoms with Gasteiger partial charge in [-0.1, -0.05) is 62.8 Å². The predicted molar refractivity (Wildman–Crippen MR) is 302 cm³/mol. The Morgan fingerprint density at radius 3 is 1.58 bits per heavy atom. The molecule has 15 nitrogen and oxygen atoms in total. The van der Waals surface area contributed by atoms with Gasteiger partial charge in [0.25, 0.3) is 0 Å². The summed E-state index contributed by atoms with van der Waals surface area (Å²) in [5.41, 5.74) is -0.499. The van der Waals surface area contributed by atoms with Crippen LogP contribution in [0.25, 0.3) is 0 Å². The molecule has 5 saturated heterocycles. The lowest BCUT2D eigenvalue weighted by Gasteiger charge is -2.42. The lowest BCUT2D eigenvalue weighted by atomic mass is 9.84. The number of carbonyl (C=O) groups is 3. The highest BCUT2D eigenvalue weighted by Crippen LogP contribution is 2.34. The van der Waals surface area contributed by atoms with Gasteiger partial charge >= 0.3 is 17.9 Å². The third-order valence-corrected chi connectivity index (χ3v) is 13.1. The van der Waals surface area contributed by atoms with E-state index in [9.17, 15) is 14.4 Å². The van der Waals surface area contributed by atoms with Gasteiger partial charge in [0.1, 0.15) is 24.2 Å². The summed E-state index contributed by atoms with van der Waals surface area (Å²) in [6, 6.07) is 0.0370. The Labute approximate surface area is 444 Å². The lowest BCUT2D eigenvalue weighted by Crippen LogP contribution is -2.50. The zero-order chi connectivity index (χ0) is 53.5. The van der Waals surface area contributed by atoms with Crippen LogP contribution < -0.4 is 0 Å². The summed E-state index contributed by atoms with van der Waals surface area (Å²) in [5, 5.41) is 0. The molecule has 5 aliphatic heterocycles. The number of piperazine rings is 1. The van der Waals surface area contributed by atoms with Crippen LogP contribution in [0, 0.1) is 11.8 Å². The minimum absolute atomic E-state index is 0. The number of likely N-dealkylation sites (tertiary alicyclic amines) is 2. The summed E-state index contributed by atoms with van der Waals surface area (Å²) in [6.07, 6.45) is 11.9. The fraction of sp³-hybridized carbons (Fsp3) is 0.945. The normalized spacial score (nSPS) is 23.9. The molecule has 0 aromatic heterocycles. The number of hydrogen-bond donors (Lipinski definition) is 1. The number of rotatable bonds is 16. The van der Waals surface area contributed by atoms with Crippen LogP contribution in [0.1, 0.15) is 141 Å². The molecule has 71 heavy (non-hydrogen) atoms. The highest BCUT2D eigenvalue weighted by Gasteiger charge is 2.42. The number of nitrogens with zero attached hydrogens (tertiary/aromatic N) is 7. The van der Waals surface area contributed by atoms with Crippen molar-refractivity contribution in [2.45, 2.75) is 165 Å². The van der Waals surface area contributed by atoms with Crippen LogP contribution >= 0.6 is 12.6 Å². The molecular formula is C55H118N7O8S+. The van der Waals surface area contributed by atoms with E-state index in [1.165, 1.54) is 138 Å². The molecule has 16 heteroatoms. The molecule has 6 unspecified atom stereocenters. The van der Waals surface area contributed by atoms with E-state index in [4.69, 9.17) is 23.7 Å². The van der Waals surface area contributed by atoms with Crippen molar-refractivity contribution in [2.75, 3.05) is 167 Å². The molecule has 5 rings (SSSR count). The van der Waals surface area contributed by atoms with Crippen molar-refractivity contribution in [3.05, 3.63) is 0 Å². The van der Waals surface area contributed by atoms with E-state index in [1.54, 1.807) is 0 Å². The second kappa shape index (κ2) is 45.8. The molecule has 0 aliphatic carbocycles. The minimum Gasteiger partial charge on any atom is -0.468 e. The summed E-state index contributed by atoms with van der Waals surface area (Å²) in [6.45, 7) is 40.4. The van der Waals surface area contributed by atoms with Crippen LogP contribution in [-0.4, -0.2) is 243 Å². The fourth-order valence-electron chi connectivity index (χ4n) is 8.78. The van der Waals surface area contributed by atoms with Crippen molar-refractivity contribution in [1.82, 2.24) is 29.4 Å². The summed E-state index contributed by atoms with van der Waals surface area (Å²) in [4.78, 5) is 47.4. The van der Waals surface area contributed by atoms with Crippen LogP contribution in [0.3, 0.4) is 0 Å². The topological polar surface area (TPSA) is 117 Å². The molecule has 0 N–H and O–H groups in total. The number of methoxy groups -OCH3 is 1. The van der Waals surface area contributed by atoms with Crippen molar-refractivity contribution in [2.24, 2.45) is 11.8 Å². The second-order valence-corrected chi connectivity index (χ2v) is 21.4. The Balaban J connectivity index is -0.000000782. The molecule has 6 atom stereocenters. The maximum Gasteiger partial charge on any atom is 0.323 e. The Morgan fingerprint density at radius 1 is 0.676 bits per heavy atom. The smallest absolute Gasteiger partial charge is 0.323 e. The minimum atomic E-state index is -0.499. The maximum absolute atomic E-state index is 11.2. The molecule has 5 aliphatic rings. The zero-order valence-corrected chi connectivity index (χ0v) is 49.5. The molecule has 0 aromatic carbocycles. The summed E-state index contributed by atoms with van der Waals surface area (Å²) >= 11 is 4.29. The zero-order valence-electron chi connectivity index (χ0n) is 48.6. The summed E-state index contributed by atoms with van der Waals surface area (Å²) in [7, 11) is 14.5. The largest absolute Gasteiger partial charge is 0.468 e. The van der Waals surface area contributed by atoms with Gasteiger partial charge in [0.15, 0.2) is 0 Å². The average Bonchev–Trinajstić information content (AvgIpc) is 4.01. The predicted octanol–water partition coefficient (Wildman–Crippen LogP) is 8.00. The van der Waals surface area contributed by atoms with E-state index in [-0.39, 0.29) is 62.0 Å². The fourth-order valence-corrected chi connectivity index (χ4v) is 9.27. The molecule has 0 amide bonds. The van der Waals surface area contributed by atoms with E-state index < -0.39 is 5.44 Å². The number of ether oxygens (including phenoxy) is 5. The van der Waals surface area contributed by atoms with Gasteiger partial charge in [-0.15, -0.1) is 12.6 Å². The van der Waals surface area contributed by atoms with E-state index in [0.29, 0.717) is 0 Å². The number of thiol groups is 1. The Morgan fingerprint density at radius 2 is 1.18 bits per heavy atom. The van der Waals surface area contributed by atoms with Crippen LogP contribution in [0.5, 0.6) is 0 Å². The van der Waals surface area contributed by atoms with Gasteiger partial charge < -0.3 is 47.8 Å². The van der Waals surface area contributed by atoms with Gasteiger partial charge in [0, 0.05) is 59.0 Å². The van der Waals surface area contributed by atoms with E-state index in [1.807, 2.05) is 13.8 Å². The molecule has 0 aromatic rings. The third-order valence-electron chi connectivity index (χ3n) is 12.7. The third kappa shape index (κ3) is 39.5. The van der Waals surface area contributed by atoms with Gasteiger partial charge in [-0.2, -0.15) is 0 Å². The van der Waals surface area contributed by atoms with Gasteiger partial charge in [-0.25, -0.2) is 0 Å². The maximum atomic E-state index is 11.2. The van der Waals surface area contributed by atoms with Crippen LogP contribution in [0.15, 0.2) is 0 Å². The SMILES string of the molecule is C.CC(=O)OCC1OC(S)C(OC(C)=O)C(C)C1C.CCCN(C)C.CCCN1CCCC1.CCCN1CCCC1C(=O)OC.CCCN1CCN(C)CC1.CCCN1CCOCC1.CCC[N+](C)(C)C. The van der Waals surface area contributed by atoms with E-state index in [2.05, 4.69) is 126 Å². The summed E-state index contributed by atoms with van der Waals surface area (Å²) < 4.78 is 26.8. The van der Waals surface area contributed by atoms with Crippen LogP contribution in [0.4, 0.5) is 0 Å². The highest BCUT2D eigenvalue weighted by atomic mass is 32.1. The standard InChI is InChI=1S/C12H20O5S.C9H17NO2.C8H18N2.C7H15NO.C7H15N.C6H16N.C5H13N.CH4/c1-6-7(2)11(16-9(4)14)12(18)17-10(6)5-15-8(3)13;1-3-6-10-7-4-5-8(10)9(11)12-2;1-3-4-10-7-5-9(2)6-8-10;1-2-3-8-4-6-9-7-5-8;1-2-5-8-6-3-4-7-8;1-5-6-7(2,3)4;1-4-5-6(2)3;/h6-7,10-12,18H,5H2,1-4H3;8H,3-7H2,1-2H3;3-8H2,1-2H3;2-7H2,1H3;2-7H2,1H3;5-6H2,1-4H3;4-5H2,1-3H3;1H4/q;;;;;+1;;. The molecule has 0 saturated carbocycles. The van der Waals surface area contributed by atoms with Crippen molar-refractivity contribution in [3.63, 3.8) is 0 Å². The van der Waals surface area contributed by atoms with Gasteiger partial charge in [-0.3, -0.25) is 24.2 Å². The first-order chi connectivity index (χ1) is 33.1. The molecular weight excluding hydrogens is 919 g/mol. The van der Waals surface area contributed by atoms with E-state index >= 15 is 0 Å². The Hall–Kier alpha value is -1.60. The monoisotopic (exact) mass is 1040 g/mol. The summed E-state index contributed by atoms with van der Waals surface area (Å²) in [5.74, 6) is -0.555. The molecule has 426 valence electrons.